The highest BCUT2D eigenvalue weighted by Gasteiger charge is 2.20. The number of hydrogen-bond donors (Lipinski definition) is 1. The Morgan fingerprint density at radius 3 is 2.43 bits per heavy atom. The monoisotopic (exact) mass is 482 g/mol. The quantitative estimate of drug-likeness (QED) is 0.174. The molecular weight excluding hydrogens is 460 g/mol. The van der Waals surface area contributed by atoms with Crippen molar-refractivity contribution in [2.45, 2.75) is 17.8 Å². The van der Waals surface area contributed by atoms with Crippen molar-refractivity contribution in [2.24, 2.45) is 0 Å². The lowest BCUT2D eigenvalue weighted by Crippen LogP contribution is -2.06. The maximum Gasteiger partial charge on any atom is 0.349 e. The van der Waals surface area contributed by atoms with Gasteiger partial charge in [0, 0.05) is 11.3 Å². The summed E-state index contributed by atoms with van der Waals surface area (Å²) in [5, 5.41) is 12.0. The van der Waals surface area contributed by atoms with E-state index in [0.29, 0.717) is 33.3 Å². The van der Waals surface area contributed by atoms with Gasteiger partial charge in [-0.25, -0.2) is 14.8 Å². The van der Waals surface area contributed by atoms with Gasteiger partial charge in [-0.2, -0.15) is 0 Å². The summed E-state index contributed by atoms with van der Waals surface area (Å²) in [6.45, 7) is 1.90. The molecule has 35 heavy (non-hydrogen) atoms. The third-order valence-corrected chi connectivity index (χ3v) is 6.51. The number of ether oxygens (including phenoxy) is 1. The van der Waals surface area contributed by atoms with Gasteiger partial charge in [0.25, 0.3) is 0 Å². The van der Waals surface area contributed by atoms with Crippen LogP contribution in [-0.2, 0) is 5.75 Å². The van der Waals surface area contributed by atoms with E-state index in [4.69, 9.17) is 14.1 Å². The van der Waals surface area contributed by atoms with Gasteiger partial charge >= 0.3 is 5.63 Å². The van der Waals surface area contributed by atoms with Crippen molar-refractivity contribution in [3.05, 3.63) is 100 Å². The minimum absolute atomic E-state index is 0.0140. The summed E-state index contributed by atoms with van der Waals surface area (Å²) in [7, 11) is 1.61. The second kappa shape index (κ2) is 9.64. The molecular formula is C28H22N2O4S. The Balaban J connectivity index is 1.64. The van der Waals surface area contributed by atoms with E-state index in [2.05, 4.69) is 4.98 Å². The van der Waals surface area contributed by atoms with Gasteiger partial charge in [-0.3, -0.25) is 0 Å². The summed E-state index contributed by atoms with van der Waals surface area (Å²) in [6, 6.07) is 24.5. The molecule has 0 saturated carbocycles. The summed E-state index contributed by atoms with van der Waals surface area (Å²) < 4.78 is 10.8. The van der Waals surface area contributed by atoms with Crippen LogP contribution in [0.4, 0.5) is 0 Å². The van der Waals surface area contributed by atoms with Crippen LogP contribution in [0.5, 0.6) is 11.5 Å². The third kappa shape index (κ3) is 4.76. The van der Waals surface area contributed by atoms with E-state index in [1.165, 1.54) is 11.8 Å². The van der Waals surface area contributed by atoms with Gasteiger partial charge in [-0.05, 0) is 60.5 Å². The Labute approximate surface area is 206 Å². The molecule has 0 atom stereocenters. The molecule has 3 aromatic carbocycles. The Hall–Kier alpha value is -4.10. The maximum atomic E-state index is 13.0. The highest BCUT2D eigenvalue weighted by atomic mass is 32.2. The number of nitrogens with zero attached hydrogens (tertiary/aromatic N) is 2. The Bertz CT molecular complexity index is 1560. The molecule has 2 aromatic heterocycles. The predicted octanol–water partition coefficient (Wildman–Crippen LogP) is 6.23. The molecule has 5 aromatic rings. The number of aromatic hydroxyl groups is 1. The van der Waals surface area contributed by atoms with E-state index in [1.54, 1.807) is 25.3 Å². The number of aromatic nitrogens is 2. The highest BCUT2D eigenvalue weighted by molar-refractivity contribution is 7.98. The average molecular weight is 483 g/mol. The van der Waals surface area contributed by atoms with Gasteiger partial charge in [0.1, 0.15) is 22.6 Å². The zero-order valence-corrected chi connectivity index (χ0v) is 20.0. The number of benzene rings is 3. The van der Waals surface area contributed by atoms with Crippen molar-refractivity contribution < 1.29 is 14.3 Å². The van der Waals surface area contributed by atoms with Gasteiger partial charge < -0.3 is 14.3 Å². The van der Waals surface area contributed by atoms with Crippen molar-refractivity contribution in [2.75, 3.05) is 7.11 Å². The predicted molar refractivity (Wildman–Crippen MR) is 138 cm³/mol. The molecule has 0 fully saturated rings. The minimum atomic E-state index is -0.654. The SMILES string of the molecule is COc1ccc(-c2cc(-c3c(O)c4ccc(C)cc4oc3=O)nc(SCc3ccccc3)n2)cc1. The first-order valence-electron chi connectivity index (χ1n) is 11.0. The van der Waals surface area contributed by atoms with Gasteiger partial charge in [0.15, 0.2) is 5.16 Å². The molecule has 0 aliphatic carbocycles. The van der Waals surface area contributed by atoms with Crippen molar-refractivity contribution in [3.63, 3.8) is 0 Å². The van der Waals surface area contributed by atoms with Crippen LogP contribution in [0.1, 0.15) is 11.1 Å². The molecule has 0 saturated heterocycles. The smallest absolute Gasteiger partial charge is 0.349 e. The number of fused-ring (bicyclic) bond motifs is 1. The van der Waals surface area contributed by atoms with Crippen LogP contribution in [0.2, 0.25) is 0 Å². The zero-order valence-electron chi connectivity index (χ0n) is 19.2. The normalized spacial score (nSPS) is 11.0. The van der Waals surface area contributed by atoms with Crippen LogP contribution in [0.25, 0.3) is 33.5 Å². The van der Waals surface area contributed by atoms with Crippen LogP contribution in [0.3, 0.4) is 0 Å². The molecule has 174 valence electrons. The third-order valence-electron chi connectivity index (χ3n) is 5.59. The number of rotatable bonds is 6. The van der Waals surface area contributed by atoms with E-state index < -0.39 is 5.63 Å². The molecule has 0 aliphatic rings. The molecule has 0 bridgehead atoms. The average Bonchev–Trinajstić information content (AvgIpc) is 2.88. The van der Waals surface area contributed by atoms with Gasteiger partial charge in [0.05, 0.1) is 23.9 Å². The molecule has 7 heteroatoms. The molecule has 2 heterocycles. The van der Waals surface area contributed by atoms with Crippen LogP contribution < -0.4 is 10.4 Å². The fraction of sp³-hybridized carbons (Fsp3) is 0.107. The fourth-order valence-corrected chi connectivity index (χ4v) is 4.58. The standard InChI is InChI=1S/C28H22N2O4S/c1-17-8-13-21-24(14-17)34-27(32)25(26(21)31)23-15-22(19-9-11-20(33-2)12-10-19)29-28(30-23)35-16-18-6-4-3-5-7-18/h3-15,31H,16H2,1-2H3. The number of methoxy groups -OCH3 is 1. The molecule has 0 unspecified atom stereocenters. The van der Waals surface area contributed by atoms with Gasteiger partial charge in [-0.1, -0.05) is 48.2 Å². The van der Waals surface area contributed by atoms with Crippen LogP contribution >= 0.6 is 11.8 Å². The van der Waals surface area contributed by atoms with E-state index in [-0.39, 0.29) is 11.3 Å². The van der Waals surface area contributed by atoms with Crippen molar-refractivity contribution >= 4 is 22.7 Å². The number of hydrogen-bond acceptors (Lipinski definition) is 7. The summed E-state index contributed by atoms with van der Waals surface area (Å²) in [6.07, 6.45) is 0. The van der Waals surface area contributed by atoms with Gasteiger partial charge in [0.2, 0.25) is 0 Å². The largest absolute Gasteiger partial charge is 0.506 e. The topological polar surface area (TPSA) is 85.5 Å². The van der Waals surface area contributed by atoms with E-state index in [1.807, 2.05) is 67.6 Å². The van der Waals surface area contributed by atoms with Crippen molar-refractivity contribution in [1.82, 2.24) is 9.97 Å². The number of aryl methyl sites for hydroxylation is 1. The highest BCUT2D eigenvalue weighted by Crippen LogP contribution is 2.35. The zero-order chi connectivity index (χ0) is 24.4. The molecule has 5 rings (SSSR count). The maximum absolute atomic E-state index is 13.0. The minimum Gasteiger partial charge on any atom is -0.506 e. The Morgan fingerprint density at radius 2 is 1.69 bits per heavy atom. The summed E-state index contributed by atoms with van der Waals surface area (Å²) >= 11 is 1.45. The fourth-order valence-electron chi connectivity index (χ4n) is 3.77. The lowest BCUT2D eigenvalue weighted by atomic mass is 10.1. The molecule has 0 amide bonds. The van der Waals surface area contributed by atoms with E-state index >= 15 is 0 Å². The number of thioether (sulfide) groups is 1. The van der Waals surface area contributed by atoms with Crippen molar-refractivity contribution in [1.29, 1.82) is 0 Å². The molecule has 0 aliphatic heterocycles. The second-order valence-electron chi connectivity index (χ2n) is 8.04. The second-order valence-corrected chi connectivity index (χ2v) is 8.98. The first-order chi connectivity index (χ1) is 17.0. The Morgan fingerprint density at radius 1 is 0.943 bits per heavy atom. The van der Waals surface area contributed by atoms with Gasteiger partial charge in [-0.15, -0.1) is 0 Å². The molecule has 6 nitrogen and oxygen atoms in total. The molecule has 0 radical (unpaired) electrons. The first-order valence-corrected chi connectivity index (χ1v) is 12.0. The molecule has 0 spiro atoms. The molecule has 1 N–H and O–H groups in total. The summed E-state index contributed by atoms with van der Waals surface area (Å²) in [4.78, 5) is 22.3. The first kappa shape index (κ1) is 22.7. The summed E-state index contributed by atoms with van der Waals surface area (Å²) in [5.41, 5.74) is 3.50. The lowest BCUT2D eigenvalue weighted by molar-refractivity contribution is 0.415. The van der Waals surface area contributed by atoms with Crippen LogP contribution in [0, 0.1) is 6.92 Å². The van der Waals surface area contributed by atoms with Crippen molar-refractivity contribution in [3.8, 4) is 34.0 Å². The van der Waals surface area contributed by atoms with E-state index in [0.717, 1.165) is 22.4 Å². The van der Waals surface area contributed by atoms with Crippen LogP contribution in [0.15, 0.2) is 93.2 Å². The van der Waals surface area contributed by atoms with E-state index in [9.17, 15) is 9.90 Å². The Kier molecular flexibility index (Phi) is 6.25. The summed E-state index contributed by atoms with van der Waals surface area (Å²) in [5.74, 6) is 1.23. The van der Waals surface area contributed by atoms with Crippen LogP contribution in [-0.4, -0.2) is 22.2 Å². The lowest BCUT2D eigenvalue weighted by Gasteiger charge is -2.11.